The third-order valence-electron chi connectivity index (χ3n) is 7.09. The molecule has 2 aromatic rings. The van der Waals surface area contributed by atoms with Gasteiger partial charge in [-0.3, -0.25) is 13.9 Å². The lowest BCUT2D eigenvalue weighted by molar-refractivity contribution is -0.140. The predicted octanol–water partition coefficient (Wildman–Crippen LogP) is 5.27. The third-order valence-corrected chi connectivity index (χ3v) is 8.60. The zero-order chi connectivity index (χ0) is 28.1. The summed E-state index contributed by atoms with van der Waals surface area (Å²) in [6.45, 7) is 7.75. The molecule has 1 atom stereocenters. The van der Waals surface area contributed by atoms with Crippen molar-refractivity contribution in [2.24, 2.45) is 0 Å². The van der Waals surface area contributed by atoms with Gasteiger partial charge in [0, 0.05) is 17.6 Å². The Kier molecular flexibility index (Phi) is 9.87. The van der Waals surface area contributed by atoms with Crippen LogP contribution in [0.1, 0.15) is 70.9 Å². The molecule has 1 saturated carbocycles. The Hall–Kier alpha value is -2.58. The Balaban J connectivity index is 1.93. The van der Waals surface area contributed by atoms with E-state index in [1.807, 2.05) is 31.2 Å². The minimum absolute atomic E-state index is 0.0929. The van der Waals surface area contributed by atoms with Gasteiger partial charge in [-0.2, -0.15) is 0 Å². The number of nitrogens with one attached hydrogen (secondary N) is 1. The number of carbonyl (C=O) groups is 2. The van der Waals surface area contributed by atoms with Gasteiger partial charge in [-0.1, -0.05) is 82.5 Å². The molecule has 1 fully saturated rings. The van der Waals surface area contributed by atoms with Crippen LogP contribution >= 0.6 is 11.6 Å². The Morgan fingerprint density at radius 2 is 1.66 bits per heavy atom. The van der Waals surface area contributed by atoms with E-state index in [1.165, 1.54) is 4.90 Å². The predicted molar refractivity (Wildman–Crippen MR) is 154 cm³/mol. The molecule has 9 heteroatoms. The van der Waals surface area contributed by atoms with E-state index in [-0.39, 0.29) is 23.9 Å². The average molecular weight is 562 g/mol. The molecule has 2 aromatic carbocycles. The standard InChI is InChI=1S/C29H40ClN3O4S/c1-6-26(28(35)31-23-12-8-9-13-23)32(19-21-11-7-10-14-25(21)30)27(34)20-33(38(5,36)37)24-17-15-22(16-18-24)29(2,3)4/h7,10-11,14-18,23,26H,6,8-9,12-13,19-20H2,1-5H3,(H,31,35). The summed E-state index contributed by atoms with van der Waals surface area (Å²) in [6, 6.07) is 13.7. The maximum Gasteiger partial charge on any atom is 0.244 e. The largest absolute Gasteiger partial charge is 0.352 e. The van der Waals surface area contributed by atoms with Crippen LogP contribution in [0.3, 0.4) is 0 Å². The van der Waals surface area contributed by atoms with E-state index in [4.69, 9.17) is 11.6 Å². The highest BCUT2D eigenvalue weighted by Crippen LogP contribution is 2.27. The van der Waals surface area contributed by atoms with Gasteiger partial charge in [-0.25, -0.2) is 8.42 Å². The Morgan fingerprint density at radius 1 is 1.05 bits per heavy atom. The fourth-order valence-electron chi connectivity index (χ4n) is 4.84. The number of nitrogens with zero attached hydrogens (tertiary/aromatic N) is 2. The zero-order valence-corrected chi connectivity index (χ0v) is 24.6. The monoisotopic (exact) mass is 561 g/mol. The lowest BCUT2D eigenvalue weighted by Gasteiger charge is -2.33. The fraction of sp³-hybridized carbons (Fsp3) is 0.517. The number of carbonyl (C=O) groups excluding carboxylic acids is 2. The number of rotatable bonds is 10. The van der Waals surface area contributed by atoms with Crippen molar-refractivity contribution in [3.05, 3.63) is 64.7 Å². The topological polar surface area (TPSA) is 86.8 Å². The lowest BCUT2D eigenvalue weighted by atomic mass is 9.87. The SMILES string of the molecule is CCC(C(=O)NC1CCCC1)N(Cc1ccccc1Cl)C(=O)CN(c1ccc(C(C)(C)C)cc1)S(C)(=O)=O. The van der Waals surface area contributed by atoms with Gasteiger partial charge in [-0.15, -0.1) is 0 Å². The average Bonchev–Trinajstić information content (AvgIpc) is 3.35. The summed E-state index contributed by atoms with van der Waals surface area (Å²) in [5.74, 6) is -0.691. The normalized spacial score (nSPS) is 15.2. The molecular formula is C29H40ClN3O4S. The summed E-state index contributed by atoms with van der Waals surface area (Å²) in [7, 11) is -3.79. The molecule has 0 saturated heterocycles. The van der Waals surface area contributed by atoms with Gasteiger partial charge in [0.25, 0.3) is 0 Å². The van der Waals surface area contributed by atoms with Crippen LogP contribution in [0.15, 0.2) is 48.5 Å². The van der Waals surface area contributed by atoms with E-state index in [2.05, 4.69) is 26.1 Å². The van der Waals surface area contributed by atoms with Gasteiger partial charge in [0.15, 0.2) is 0 Å². The molecule has 0 radical (unpaired) electrons. The van der Waals surface area contributed by atoms with Crippen molar-refractivity contribution < 1.29 is 18.0 Å². The number of amides is 2. The third kappa shape index (κ3) is 7.73. The van der Waals surface area contributed by atoms with Crippen molar-refractivity contribution in [1.82, 2.24) is 10.2 Å². The molecular weight excluding hydrogens is 522 g/mol. The van der Waals surface area contributed by atoms with Crippen LogP contribution < -0.4 is 9.62 Å². The molecule has 0 spiro atoms. The summed E-state index contributed by atoms with van der Waals surface area (Å²) in [4.78, 5) is 28.7. The van der Waals surface area contributed by atoms with Gasteiger partial charge in [-0.05, 0) is 54.0 Å². The van der Waals surface area contributed by atoms with Crippen LogP contribution in [0.5, 0.6) is 0 Å². The van der Waals surface area contributed by atoms with Gasteiger partial charge < -0.3 is 10.2 Å². The summed E-state index contributed by atoms with van der Waals surface area (Å²) in [5, 5.41) is 3.58. The van der Waals surface area contributed by atoms with Crippen LogP contribution in [0.25, 0.3) is 0 Å². The van der Waals surface area contributed by atoms with Crippen molar-refractivity contribution in [1.29, 1.82) is 0 Å². The van der Waals surface area contributed by atoms with Crippen LogP contribution in [-0.2, 0) is 31.6 Å². The molecule has 0 heterocycles. The summed E-state index contributed by atoms with van der Waals surface area (Å²) in [5.41, 5.74) is 2.04. The molecule has 1 unspecified atom stereocenters. The highest BCUT2D eigenvalue weighted by Gasteiger charge is 2.33. The van der Waals surface area contributed by atoms with Gasteiger partial charge in [0.1, 0.15) is 12.6 Å². The van der Waals surface area contributed by atoms with E-state index in [0.29, 0.717) is 22.7 Å². The fourth-order valence-corrected chi connectivity index (χ4v) is 5.88. The van der Waals surface area contributed by atoms with E-state index in [0.717, 1.165) is 41.8 Å². The summed E-state index contributed by atoms with van der Waals surface area (Å²) >= 11 is 6.42. The number of benzene rings is 2. The first kappa shape index (κ1) is 30.0. The van der Waals surface area contributed by atoms with E-state index in [9.17, 15) is 18.0 Å². The quantitative estimate of drug-likeness (QED) is 0.428. The Morgan fingerprint density at radius 3 is 2.18 bits per heavy atom. The van der Waals surface area contributed by atoms with Crippen molar-refractivity contribution >= 4 is 39.1 Å². The molecule has 1 N–H and O–H groups in total. The first-order valence-electron chi connectivity index (χ1n) is 13.2. The maximum absolute atomic E-state index is 13.9. The van der Waals surface area contributed by atoms with Crippen molar-refractivity contribution in [3.8, 4) is 0 Å². The van der Waals surface area contributed by atoms with Crippen molar-refractivity contribution in [3.63, 3.8) is 0 Å². The first-order chi connectivity index (χ1) is 17.8. The van der Waals surface area contributed by atoms with E-state index < -0.39 is 28.5 Å². The second-order valence-corrected chi connectivity index (χ2v) is 13.4. The molecule has 2 amide bonds. The van der Waals surface area contributed by atoms with Gasteiger partial charge in [0.05, 0.1) is 11.9 Å². The molecule has 1 aliphatic carbocycles. The number of sulfonamides is 1. The Labute approximate surface area is 232 Å². The number of halogens is 1. The van der Waals surface area contributed by atoms with E-state index >= 15 is 0 Å². The van der Waals surface area contributed by atoms with Crippen molar-refractivity contribution in [2.75, 3.05) is 17.1 Å². The van der Waals surface area contributed by atoms with Crippen LogP contribution in [0.4, 0.5) is 5.69 Å². The van der Waals surface area contributed by atoms with Crippen molar-refractivity contribution in [2.45, 2.75) is 83.8 Å². The van der Waals surface area contributed by atoms with Gasteiger partial charge in [0.2, 0.25) is 21.8 Å². The highest BCUT2D eigenvalue weighted by atomic mass is 35.5. The second kappa shape index (κ2) is 12.5. The second-order valence-electron chi connectivity index (χ2n) is 11.1. The zero-order valence-electron chi connectivity index (χ0n) is 23.0. The molecule has 7 nitrogen and oxygen atoms in total. The molecule has 3 rings (SSSR count). The summed E-state index contributed by atoms with van der Waals surface area (Å²) in [6.07, 6.45) is 5.46. The van der Waals surface area contributed by atoms with Crippen LogP contribution in [-0.4, -0.2) is 50.0 Å². The summed E-state index contributed by atoms with van der Waals surface area (Å²) < 4.78 is 26.8. The maximum atomic E-state index is 13.9. The molecule has 1 aliphatic rings. The number of hydrogen-bond donors (Lipinski definition) is 1. The molecule has 0 aromatic heterocycles. The highest BCUT2D eigenvalue weighted by molar-refractivity contribution is 7.92. The molecule has 208 valence electrons. The van der Waals surface area contributed by atoms with E-state index in [1.54, 1.807) is 24.3 Å². The van der Waals surface area contributed by atoms with Gasteiger partial charge >= 0.3 is 0 Å². The minimum Gasteiger partial charge on any atom is -0.352 e. The first-order valence-corrected chi connectivity index (χ1v) is 15.5. The Bertz CT molecular complexity index is 1220. The van der Waals surface area contributed by atoms with Crippen LogP contribution in [0.2, 0.25) is 5.02 Å². The molecule has 38 heavy (non-hydrogen) atoms. The smallest absolute Gasteiger partial charge is 0.244 e. The number of hydrogen-bond acceptors (Lipinski definition) is 4. The minimum atomic E-state index is -3.79. The number of anilines is 1. The van der Waals surface area contributed by atoms with Crippen LogP contribution in [0, 0.1) is 0 Å². The molecule has 0 aliphatic heterocycles. The molecule has 0 bridgehead atoms. The lowest BCUT2D eigenvalue weighted by Crippen LogP contribution is -2.53.